The Morgan fingerprint density at radius 3 is 2.89 bits per heavy atom. The molecule has 2 aromatic heterocycles. The summed E-state index contributed by atoms with van der Waals surface area (Å²) in [5.41, 5.74) is 7.55. The molecule has 0 amide bonds. The van der Waals surface area contributed by atoms with Gasteiger partial charge in [-0.05, 0) is 24.3 Å². The zero-order valence-corrected chi connectivity index (χ0v) is 10.4. The van der Waals surface area contributed by atoms with E-state index in [-0.39, 0.29) is 0 Å². The highest BCUT2D eigenvalue weighted by atomic mass is 35.5. The van der Waals surface area contributed by atoms with E-state index in [1.807, 2.05) is 0 Å². The molecule has 0 saturated heterocycles. The molecule has 0 saturated carbocycles. The average Bonchev–Trinajstić information content (AvgIpc) is 2.92. The first kappa shape index (κ1) is 11.6. The monoisotopic (exact) mass is 273 g/mol. The number of hydrogen-bond donors (Lipinski definition) is 1. The number of aromatic nitrogens is 4. The number of halogens is 1. The fraction of sp³-hybridized carbons (Fsp3) is 0. The van der Waals surface area contributed by atoms with Crippen molar-refractivity contribution in [2.24, 2.45) is 0 Å². The maximum absolute atomic E-state index is 5.92. The summed E-state index contributed by atoms with van der Waals surface area (Å²) in [6, 6.07) is 6.75. The van der Waals surface area contributed by atoms with Crippen LogP contribution in [0.3, 0.4) is 0 Å². The summed E-state index contributed by atoms with van der Waals surface area (Å²) >= 11 is 5.92. The number of anilines is 1. The van der Waals surface area contributed by atoms with Crippen LogP contribution in [0.2, 0.25) is 5.02 Å². The molecule has 0 radical (unpaired) electrons. The molecule has 0 unspecified atom stereocenters. The molecule has 0 spiro atoms. The van der Waals surface area contributed by atoms with Crippen LogP contribution in [0.5, 0.6) is 0 Å². The fourth-order valence-corrected chi connectivity index (χ4v) is 1.75. The second-order valence-electron chi connectivity index (χ2n) is 3.75. The molecule has 7 heteroatoms. The van der Waals surface area contributed by atoms with Crippen LogP contribution in [0.25, 0.3) is 23.0 Å². The maximum Gasteiger partial charge on any atom is 0.260 e. The summed E-state index contributed by atoms with van der Waals surface area (Å²) in [7, 11) is 0. The predicted octanol–water partition coefficient (Wildman–Crippen LogP) is 2.43. The second kappa shape index (κ2) is 4.66. The third-order valence-corrected chi connectivity index (χ3v) is 2.72. The van der Waals surface area contributed by atoms with E-state index >= 15 is 0 Å². The quantitative estimate of drug-likeness (QED) is 0.721. The van der Waals surface area contributed by atoms with Crippen molar-refractivity contribution in [1.29, 1.82) is 0 Å². The van der Waals surface area contributed by atoms with Gasteiger partial charge >= 0.3 is 0 Å². The third-order valence-electron chi connectivity index (χ3n) is 2.48. The lowest BCUT2D eigenvalue weighted by atomic mass is 10.2. The van der Waals surface area contributed by atoms with Gasteiger partial charge in [-0.3, -0.25) is 0 Å². The second-order valence-corrected chi connectivity index (χ2v) is 4.19. The minimum atomic E-state index is 0.300. The number of nitrogens with zero attached hydrogens (tertiary/aromatic N) is 4. The summed E-state index contributed by atoms with van der Waals surface area (Å²) in [5.74, 6) is 0.672. The largest absolute Gasteiger partial charge is 0.398 e. The zero-order valence-electron chi connectivity index (χ0n) is 9.62. The van der Waals surface area contributed by atoms with Gasteiger partial charge in [-0.1, -0.05) is 16.8 Å². The van der Waals surface area contributed by atoms with Crippen LogP contribution in [0, 0.1) is 0 Å². The van der Waals surface area contributed by atoms with E-state index in [1.54, 1.807) is 30.5 Å². The molecule has 0 atom stereocenters. The number of rotatable bonds is 2. The molecular formula is C12H8ClN5O. The first-order valence-electron chi connectivity index (χ1n) is 5.39. The van der Waals surface area contributed by atoms with Crippen LogP contribution in [-0.4, -0.2) is 20.1 Å². The number of nitrogens with two attached hydrogens (primary N) is 1. The molecule has 0 fully saturated rings. The van der Waals surface area contributed by atoms with Gasteiger partial charge in [0.1, 0.15) is 12.0 Å². The van der Waals surface area contributed by atoms with Crippen molar-refractivity contribution in [2.45, 2.75) is 0 Å². The van der Waals surface area contributed by atoms with E-state index in [9.17, 15) is 0 Å². The molecule has 3 rings (SSSR count). The molecule has 6 nitrogen and oxygen atoms in total. The van der Waals surface area contributed by atoms with Gasteiger partial charge in [-0.25, -0.2) is 9.97 Å². The zero-order chi connectivity index (χ0) is 13.2. The van der Waals surface area contributed by atoms with Crippen LogP contribution < -0.4 is 5.73 Å². The highest BCUT2D eigenvalue weighted by Crippen LogP contribution is 2.28. The van der Waals surface area contributed by atoms with Crippen molar-refractivity contribution in [3.8, 4) is 23.0 Å². The Labute approximate surface area is 113 Å². The molecule has 0 aliphatic carbocycles. The molecule has 2 heterocycles. The van der Waals surface area contributed by atoms with Crippen molar-refractivity contribution in [3.05, 3.63) is 41.8 Å². The minimum Gasteiger partial charge on any atom is -0.398 e. The van der Waals surface area contributed by atoms with E-state index in [0.29, 0.717) is 33.7 Å². The Bertz CT molecular complexity index is 713. The van der Waals surface area contributed by atoms with Crippen LogP contribution in [0.15, 0.2) is 41.3 Å². The molecule has 19 heavy (non-hydrogen) atoms. The van der Waals surface area contributed by atoms with E-state index in [2.05, 4.69) is 20.1 Å². The van der Waals surface area contributed by atoms with Gasteiger partial charge in [-0.15, -0.1) is 0 Å². The van der Waals surface area contributed by atoms with Gasteiger partial charge in [0.15, 0.2) is 0 Å². The summed E-state index contributed by atoms with van der Waals surface area (Å²) in [6.07, 6.45) is 3.02. The van der Waals surface area contributed by atoms with Crippen LogP contribution in [-0.2, 0) is 0 Å². The normalized spacial score (nSPS) is 10.6. The van der Waals surface area contributed by atoms with Crippen LogP contribution >= 0.6 is 11.6 Å². The van der Waals surface area contributed by atoms with Crippen LogP contribution in [0.4, 0.5) is 5.69 Å². The molecule has 1 aromatic carbocycles. The number of benzene rings is 1. The molecule has 3 aromatic rings. The van der Waals surface area contributed by atoms with Crippen molar-refractivity contribution < 1.29 is 4.52 Å². The van der Waals surface area contributed by atoms with Crippen molar-refractivity contribution >= 4 is 17.3 Å². The Morgan fingerprint density at radius 1 is 1.21 bits per heavy atom. The lowest BCUT2D eigenvalue weighted by Gasteiger charge is -2.00. The predicted molar refractivity (Wildman–Crippen MR) is 70.2 cm³/mol. The Balaban J connectivity index is 2.04. The molecule has 2 N–H and O–H groups in total. The Morgan fingerprint density at radius 2 is 2.11 bits per heavy atom. The topological polar surface area (TPSA) is 90.7 Å². The summed E-state index contributed by atoms with van der Waals surface area (Å²) in [5, 5.41) is 4.41. The van der Waals surface area contributed by atoms with E-state index in [0.717, 1.165) is 0 Å². The van der Waals surface area contributed by atoms with Gasteiger partial charge in [0, 0.05) is 16.9 Å². The van der Waals surface area contributed by atoms with Gasteiger partial charge in [0.05, 0.1) is 5.56 Å². The standard InChI is InChI=1S/C12H8ClN5O/c13-7-1-2-9(14)8(5-7)12-17-11(18-19-12)10-3-4-15-6-16-10/h1-6H,14H2. The fourth-order valence-electron chi connectivity index (χ4n) is 1.57. The van der Waals surface area contributed by atoms with E-state index in [4.69, 9.17) is 21.9 Å². The first-order valence-corrected chi connectivity index (χ1v) is 5.77. The van der Waals surface area contributed by atoms with Gasteiger partial charge < -0.3 is 10.3 Å². The summed E-state index contributed by atoms with van der Waals surface area (Å²) < 4.78 is 5.18. The van der Waals surface area contributed by atoms with Gasteiger partial charge in [0.25, 0.3) is 5.89 Å². The van der Waals surface area contributed by atoms with E-state index < -0.39 is 0 Å². The molecule has 0 aliphatic rings. The van der Waals surface area contributed by atoms with Crippen molar-refractivity contribution in [3.63, 3.8) is 0 Å². The Kier molecular flexibility index (Phi) is 2.85. The van der Waals surface area contributed by atoms with Crippen molar-refractivity contribution in [1.82, 2.24) is 20.1 Å². The first-order chi connectivity index (χ1) is 9.24. The lowest BCUT2D eigenvalue weighted by molar-refractivity contribution is 0.432. The van der Waals surface area contributed by atoms with Crippen molar-refractivity contribution in [2.75, 3.05) is 5.73 Å². The SMILES string of the molecule is Nc1ccc(Cl)cc1-c1nc(-c2ccncn2)no1. The average molecular weight is 274 g/mol. The smallest absolute Gasteiger partial charge is 0.260 e. The minimum absolute atomic E-state index is 0.300. The molecule has 94 valence electrons. The highest BCUT2D eigenvalue weighted by Gasteiger charge is 2.14. The molecular weight excluding hydrogens is 266 g/mol. The third kappa shape index (κ3) is 2.25. The Hall–Kier alpha value is -2.47. The van der Waals surface area contributed by atoms with E-state index in [1.165, 1.54) is 6.33 Å². The van der Waals surface area contributed by atoms with Crippen LogP contribution in [0.1, 0.15) is 0 Å². The number of hydrogen-bond acceptors (Lipinski definition) is 6. The highest BCUT2D eigenvalue weighted by molar-refractivity contribution is 6.31. The number of nitrogen functional groups attached to an aromatic ring is 1. The van der Waals surface area contributed by atoms with Gasteiger partial charge in [0.2, 0.25) is 5.82 Å². The van der Waals surface area contributed by atoms with Gasteiger partial charge in [-0.2, -0.15) is 4.98 Å². The molecule has 0 aliphatic heterocycles. The maximum atomic E-state index is 5.92. The summed E-state index contributed by atoms with van der Waals surface area (Å²) in [4.78, 5) is 12.1. The lowest BCUT2D eigenvalue weighted by Crippen LogP contribution is -1.90. The summed E-state index contributed by atoms with van der Waals surface area (Å²) in [6.45, 7) is 0. The molecule has 0 bridgehead atoms.